The molecule has 5 heteroatoms. The van der Waals surface area contributed by atoms with E-state index in [0.717, 1.165) is 26.8 Å². The van der Waals surface area contributed by atoms with E-state index in [2.05, 4.69) is 21.2 Å². The average Bonchev–Trinajstić information content (AvgIpc) is 2.99. The number of halogens is 1. The number of carbonyl (C=O) groups excluding carboxylic acids is 1. The molecule has 0 aliphatic rings. The molecular weight excluding hydrogens is 368 g/mol. The maximum atomic E-state index is 12.6. The first-order valence-electron chi connectivity index (χ1n) is 7.88. The fourth-order valence-electron chi connectivity index (χ4n) is 2.65. The minimum absolute atomic E-state index is 0.0559. The van der Waals surface area contributed by atoms with Gasteiger partial charge in [0.25, 0.3) is 0 Å². The van der Waals surface area contributed by atoms with Crippen LogP contribution in [0.15, 0.2) is 59.2 Å². The molecule has 0 spiro atoms. The first-order chi connectivity index (χ1) is 11.6. The highest BCUT2D eigenvalue weighted by Crippen LogP contribution is 2.24. The number of benzene rings is 2. The first-order valence-corrected chi connectivity index (χ1v) is 8.67. The molecule has 1 amide bonds. The molecule has 24 heavy (non-hydrogen) atoms. The first kappa shape index (κ1) is 16.6. The number of nitrogens with zero attached hydrogens (tertiary/aromatic N) is 1. The standard InChI is InChI=1S/C19H19BrN2O2/c1-3-24-17-7-5-16(6-8-17)21-19(23)13(2)22-11-10-14-12-15(20)4-9-18(14)22/h4-13H,3H2,1-2H3,(H,21,23). The van der Waals surface area contributed by atoms with E-state index in [4.69, 9.17) is 4.74 Å². The molecule has 1 aromatic heterocycles. The summed E-state index contributed by atoms with van der Waals surface area (Å²) in [7, 11) is 0. The van der Waals surface area contributed by atoms with Gasteiger partial charge in [-0.15, -0.1) is 0 Å². The zero-order valence-electron chi connectivity index (χ0n) is 13.6. The summed E-state index contributed by atoms with van der Waals surface area (Å²) < 4.78 is 8.41. The van der Waals surface area contributed by atoms with Gasteiger partial charge in [0, 0.05) is 27.3 Å². The van der Waals surface area contributed by atoms with E-state index in [0.29, 0.717) is 6.61 Å². The summed E-state index contributed by atoms with van der Waals surface area (Å²) in [6.45, 7) is 4.46. The lowest BCUT2D eigenvalue weighted by Crippen LogP contribution is -2.23. The van der Waals surface area contributed by atoms with Crippen molar-refractivity contribution >= 4 is 38.4 Å². The molecule has 4 nitrogen and oxygen atoms in total. The molecule has 0 saturated carbocycles. The number of anilines is 1. The van der Waals surface area contributed by atoms with Crippen molar-refractivity contribution in [1.82, 2.24) is 4.57 Å². The van der Waals surface area contributed by atoms with Gasteiger partial charge in [0.1, 0.15) is 11.8 Å². The summed E-state index contributed by atoms with van der Waals surface area (Å²) in [5, 5.41) is 4.05. The predicted molar refractivity (Wildman–Crippen MR) is 101 cm³/mol. The molecule has 0 bridgehead atoms. The molecule has 0 saturated heterocycles. The molecule has 0 aliphatic heterocycles. The smallest absolute Gasteiger partial charge is 0.247 e. The van der Waals surface area contributed by atoms with Crippen molar-refractivity contribution < 1.29 is 9.53 Å². The topological polar surface area (TPSA) is 43.3 Å². The lowest BCUT2D eigenvalue weighted by Gasteiger charge is -2.16. The van der Waals surface area contributed by atoms with E-state index in [1.807, 2.05) is 73.1 Å². The third kappa shape index (κ3) is 3.46. The van der Waals surface area contributed by atoms with Crippen molar-refractivity contribution in [1.29, 1.82) is 0 Å². The molecule has 1 unspecified atom stereocenters. The number of hydrogen-bond donors (Lipinski definition) is 1. The monoisotopic (exact) mass is 386 g/mol. The van der Waals surface area contributed by atoms with Crippen LogP contribution >= 0.6 is 15.9 Å². The number of aromatic nitrogens is 1. The fourth-order valence-corrected chi connectivity index (χ4v) is 3.03. The summed E-state index contributed by atoms with van der Waals surface area (Å²) in [6, 6.07) is 15.1. The molecule has 124 valence electrons. The van der Waals surface area contributed by atoms with Gasteiger partial charge in [-0.05, 0) is 62.4 Å². The van der Waals surface area contributed by atoms with E-state index in [1.165, 1.54) is 0 Å². The average molecular weight is 387 g/mol. The minimum Gasteiger partial charge on any atom is -0.494 e. The molecule has 0 radical (unpaired) electrons. The summed E-state index contributed by atoms with van der Waals surface area (Å²) in [5.41, 5.74) is 1.79. The molecule has 0 aliphatic carbocycles. The van der Waals surface area contributed by atoms with Gasteiger partial charge >= 0.3 is 0 Å². The molecule has 2 aromatic carbocycles. The van der Waals surface area contributed by atoms with Crippen LogP contribution in [0.5, 0.6) is 5.75 Å². The minimum atomic E-state index is -0.310. The summed E-state index contributed by atoms with van der Waals surface area (Å²) in [5.74, 6) is 0.741. The zero-order valence-corrected chi connectivity index (χ0v) is 15.2. The Labute approximate surface area is 149 Å². The van der Waals surface area contributed by atoms with Crippen LogP contribution in [0.25, 0.3) is 10.9 Å². The normalized spacial score (nSPS) is 12.1. The molecule has 0 fully saturated rings. The van der Waals surface area contributed by atoms with E-state index in [1.54, 1.807) is 0 Å². The number of ether oxygens (including phenoxy) is 1. The van der Waals surface area contributed by atoms with E-state index in [9.17, 15) is 4.79 Å². The van der Waals surface area contributed by atoms with Crippen LogP contribution in [-0.4, -0.2) is 17.1 Å². The van der Waals surface area contributed by atoms with Gasteiger partial charge in [0.05, 0.1) is 6.61 Å². The van der Waals surface area contributed by atoms with Crippen LogP contribution in [0.1, 0.15) is 19.9 Å². The Kier molecular flexibility index (Phi) is 4.90. The van der Waals surface area contributed by atoms with Crippen molar-refractivity contribution in [3.63, 3.8) is 0 Å². The van der Waals surface area contributed by atoms with Crippen LogP contribution in [0, 0.1) is 0 Å². The van der Waals surface area contributed by atoms with Crippen LogP contribution in [-0.2, 0) is 4.79 Å². The zero-order chi connectivity index (χ0) is 17.1. The van der Waals surface area contributed by atoms with Gasteiger partial charge in [-0.1, -0.05) is 15.9 Å². The highest BCUT2D eigenvalue weighted by molar-refractivity contribution is 9.10. The third-order valence-electron chi connectivity index (χ3n) is 3.91. The Hall–Kier alpha value is -2.27. The SMILES string of the molecule is CCOc1ccc(NC(=O)C(C)n2ccc3cc(Br)ccc32)cc1. The second-order valence-corrected chi connectivity index (χ2v) is 6.46. The number of hydrogen-bond acceptors (Lipinski definition) is 2. The van der Waals surface area contributed by atoms with Crippen molar-refractivity contribution in [3.05, 3.63) is 59.2 Å². The number of nitrogens with one attached hydrogen (secondary N) is 1. The van der Waals surface area contributed by atoms with Crippen LogP contribution in [0.2, 0.25) is 0 Å². The third-order valence-corrected chi connectivity index (χ3v) is 4.41. The van der Waals surface area contributed by atoms with Gasteiger partial charge in [-0.25, -0.2) is 0 Å². The van der Waals surface area contributed by atoms with Crippen molar-refractivity contribution in [2.24, 2.45) is 0 Å². The van der Waals surface area contributed by atoms with Gasteiger partial charge in [0.15, 0.2) is 0 Å². The van der Waals surface area contributed by atoms with E-state index in [-0.39, 0.29) is 11.9 Å². The molecule has 3 aromatic rings. The molecule has 1 heterocycles. The Morgan fingerprint density at radius 1 is 1.21 bits per heavy atom. The second kappa shape index (κ2) is 7.09. The maximum absolute atomic E-state index is 12.6. The fraction of sp³-hybridized carbons (Fsp3) is 0.211. The predicted octanol–water partition coefficient (Wildman–Crippen LogP) is 5.00. The molecule has 1 N–H and O–H groups in total. The molecule has 1 atom stereocenters. The number of carbonyl (C=O) groups is 1. The Bertz CT molecular complexity index is 855. The van der Waals surface area contributed by atoms with Gasteiger partial charge in [-0.2, -0.15) is 0 Å². The van der Waals surface area contributed by atoms with Crippen LogP contribution in [0.3, 0.4) is 0 Å². The molecule has 3 rings (SSSR count). The lowest BCUT2D eigenvalue weighted by molar-refractivity contribution is -0.118. The van der Waals surface area contributed by atoms with Gasteiger partial charge in [-0.3, -0.25) is 4.79 Å². The van der Waals surface area contributed by atoms with Crippen molar-refractivity contribution in [2.75, 3.05) is 11.9 Å². The summed E-state index contributed by atoms with van der Waals surface area (Å²) in [6.07, 6.45) is 1.94. The summed E-state index contributed by atoms with van der Waals surface area (Å²) in [4.78, 5) is 12.6. The second-order valence-electron chi connectivity index (χ2n) is 5.55. The largest absolute Gasteiger partial charge is 0.494 e. The van der Waals surface area contributed by atoms with E-state index < -0.39 is 0 Å². The number of rotatable bonds is 5. The quantitative estimate of drug-likeness (QED) is 0.670. The highest BCUT2D eigenvalue weighted by atomic mass is 79.9. The van der Waals surface area contributed by atoms with Gasteiger partial charge in [0.2, 0.25) is 5.91 Å². The number of amides is 1. The van der Waals surface area contributed by atoms with Crippen LogP contribution in [0.4, 0.5) is 5.69 Å². The highest BCUT2D eigenvalue weighted by Gasteiger charge is 2.16. The van der Waals surface area contributed by atoms with Crippen molar-refractivity contribution in [2.45, 2.75) is 19.9 Å². The van der Waals surface area contributed by atoms with Crippen molar-refractivity contribution in [3.8, 4) is 5.75 Å². The Morgan fingerprint density at radius 2 is 1.96 bits per heavy atom. The Morgan fingerprint density at radius 3 is 2.67 bits per heavy atom. The van der Waals surface area contributed by atoms with Gasteiger partial charge < -0.3 is 14.6 Å². The molecular formula is C19H19BrN2O2. The van der Waals surface area contributed by atoms with E-state index >= 15 is 0 Å². The Balaban J connectivity index is 1.76. The number of fused-ring (bicyclic) bond motifs is 1. The van der Waals surface area contributed by atoms with Crippen LogP contribution < -0.4 is 10.1 Å². The summed E-state index contributed by atoms with van der Waals surface area (Å²) >= 11 is 3.47. The lowest BCUT2D eigenvalue weighted by atomic mass is 10.2. The maximum Gasteiger partial charge on any atom is 0.247 e.